The van der Waals surface area contributed by atoms with Gasteiger partial charge in [0.05, 0.1) is 24.8 Å². The number of hydrogen-bond donors (Lipinski definition) is 1. The largest absolute Gasteiger partial charge is 0.493 e. The Labute approximate surface area is 275 Å². The number of carbonyl (C=O) groups is 2. The number of rotatable bonds is 14. The Morgan fingerprint density at radius 1 is 0.870 bits per heavy atom. The predicted octanol–water partition coefficient (Wildman–Crippen LogP) is 5.64. The molecule has 9 nitrogen and oxygen atoms in total. The third kappa shape index (κ3) is 8.18. The number of amides is 2. The number of halogens is 1. The van der Waals surface area contributed by atoms with Crippen LogP contribution < -0.4 is 19.1 Å². The van der Waals surface area contributed by atoms with Crippen LogP contribution in [0.5, 0.6) is 11.5 Å². The standard InChI is InChI=1S/C35H38ClN3O6S/c1-5-37-35(41)31(21-26-11-7-6-8-12-26)38(23-27-13-9-10-14-30(27)36)34(40)24-39(28-17-15-25(2)16-18-28)46(42,43)29-19-20-32(44-3)33(22-29)45-4/h6-20,22,31H,5,21,23-24H2,1-4H3,(H,37,41)/t31-/m0/s1. The van der Waals surface area contributed by atoms with Crippen LogP contribution in [0.25, 0.3) is 0 Å². The van der Waals surface area contributed by atoms with Gasteiger partial charge in [0.1, 0.15) is 12.6 Å². The molecule has 0 aromatic heterocycles. The molecule has 0 heterocycles. The molecule has 0 unspecified atom stereocenters. The van der Waals surface area contributed by atoms with Crippen molar-refractivity contribution in [3.63, 3.8) is 0 Å². The number of nitrogens with one attached hydrogen (secondary N) is 1. The first-order chi connectivity index (χ1) is 22.1. The van der Waals surface area contributed by atoms with Gasteiger partial charge in [0, 0.05) is 30.6 Å². The molecule has 4 aromatic carbocycles. The normalized spacial score (nSPS) is 11.8. The van der Waals surface area contributed by atoms with Crippen molar-refractivity contribution >= 4 is 39.1 Å². The zero-order valence-electron chi connectivity index (χ0n) is 26.3. The van der Waals surface area contributed by atoms with Gasteiger partial charge in [0.2, 0.25) is 11.8 Å². The van der Waals surface area contributed by atoms with E-state index in [1.807, 2.05) is 37.3 Å². The van der Waals surface area contributed by atoms with E-state index in [0.717, 1.165) is 15.4 Å². The molecule has 0 fully saturated rings. The molecule has 0 spiro atoms. The van der Waals surface area contributed by atoms with Gasteiger partial charge in [-0.3, -0.25) is 13.9 Å². The third-order valence-corrected chi connectivity index (χ3v) is 9.60. The van der Waals surface area contributed by atoms with E-state index in [9.17, 15) is 18.0 Å². The maximum atomic E-state index is 14.5. The zero-order chi connectivity index (χ0) is 33.3. The lowest BCUT2D eigenvalue weighted by Crippen LogP contribution is -2.53. The zero-order valence-corrected chi connectivity index (χ0v) is 27.8. The summed E-state index contributed by atoms with van der Waals surface area (Å²) in [6.07, 6.45) is 0.204. The van der Waals surface area contributed by atoms with E-state index in [1.54, 1.807) is 55.5 Å². The molecule has 0 aliphatic rings. The Balaban J connectivity index is 1.82. The number of anilines is 1. The molecule has 0 aliphatic carbocycles. The number of aryl methyl sites for hydroxylation is 1. The number of carbonyl (C=O) groups excluding carboxylic acids is 2. The molecule has 1 atom stereocenters. The van der Waals surface area contributed by atoms with E-state index in [2.05, 4.69) is 5.32 Å². The van der Waals surface area contributed by atoms with Gasteiger partial charge in [-0.25, -0.2) is 8.42 Å². The van der Waals surface area contributed by atoms with Crippen LogP contribution in [0.3, 0.4) is 0 Å². The Bertz CT molecular complexity index is 1750. The molecular weight excluding hydrogens is 626 g/mol. The van der Waals surface area contributed by atoms with Crippen LogP contribution >= 0.6 is 11.6 Å². The van der Waals surface area contributed by atoms with E-state index in [1.165, 1.54) is 37.3 Å². The lowest BCUT2D eigenvalue weighted by molar-refractivity contribution is -0.140. The number of sulfonamides is 1. The maximum absolute atomic E-state index is 14.5. The molecule has 0 aliphatic heterocycles. The number of ether oxygens (including phenoxy) is 2. The minimum Gasteiger partial charge on any atom is -0.493 e. The molecule has 2 amide bonds. The fourth-order valence-corrected chi connectivity index (χ4v) is 6.63. The van der Waals surface area contributed by atoms with Crippen LogP contribution in [0.15, 0.2) is 102 Å². The molecular formula is C35H38ClN3O6S. The minimum atomic E-state index is -4.33. The molecule has 0 saturated heterocycles. The number of hydrogen-bond acceptors (Lipinski definition) is 6. The van der Waals surface area contributed by atoms with Crippen LogP contribution in [0.2, 0.25) is 5.02 Å². The van der Waals surface area contributed by atoms with E-state index in [-0.39, 0.29) is 35.2 Å². The van der Waals surface area contributed by atoms with Gasteiger partial charge in [-0.2, -0.15) is 0 Å². The van der Waals surface area contributed by atoms with Gasteiger partial charge in [-0.1, -0.05) is 77.8 Å². The molecule has 0 saturated carbocycles. The van der Waals surface area contributed by atoms with Crippen LogP contribution in [-0.4, -0.2) is 58.5 Å². The molecule has 0 radical (unpaired) electrons. The number of benzene rings is 4. The predicted molar refractivity (Wildman–Crippen MR) is 180 cm³/mol. The summed E-state index contributed by atoms with van der Waals surface area (Å²) in [5.74, 6) is -0.373. The summed E-state index contributed by atoms with van der Waals surface area (Å²) in [6.45, 7) is 3.42. The summed E-state index contributed by atoms with van der Waals surface area (Å²) < 4.78 is 40.3. The first kappa shape index (κ1) is 34.3. The Morgan fingerprint density at radius 3 is 2.15 bits per heavy atom. The number of likely N-dealkylation sites (N-methyl/N-ethyl adjacent to an activating group) is 1. The van der Waals surface area contributed by atoms with Crippen molar-refractivity contribution in [2.24, 2.45) is 0 Å². The van der Waals surface area contributed by atoms with Crippen molar-refractivity contribution in [2.75, 3.05) is 31.6 Å². The maximum Gasteiger partial charge on any atom is 0.264 e. The van der Waals surface area contributed by atoms with Gasteiger partial charge < -0.3 is 19.7 Å². The SMILES string of the molecule is CCNC(=O)[C@H](Cc1ccccc1)N(Cc1ccccc1Cl)C(=O)CN(c1ccc(C)cc1)S(=O)(=O)c1ccc(OC)c(OC)c1. The second-order valence-electron chi connectivity index (χ2n) is 10.6. The molecule has 4 aromatic rings. The van der Waals surface area contributed by atoms with Crippen molar-refractivity contribution in [3.05, 3.63) is 119 Å². The fraction of sp³-hybridized carbons (Fsp3) is 0.257. The first-order valence-corrected chi connectivity index (χ1v) is 16.6. The smallest absolute Gasteiger partial charge is 0.264 e. The average molecular weight is 664 g/mol. The molecule has 242 valence electrons. The van der Waals surface area contributed by atoms with Gasteiger partial charge in [-0.05, 0) is 55.3 Å². The van der Waals surface area contributed by atoms with Gasteiger partial charge in [0.25, 0.3) is 10.0 Å². The fourth-order valence-electron chi connectivity index (χ4n) is 5.00. The summed E-state index contributed by atoms with van der Waals surface area (Å²) in [5.41, 5.74) is 2.65. The van der Waals surface area contributed by atoms with Crippen molar-refractivity contribution in [3.8, 4) is 11.5 Å². The van der Waals surface area contributed by atoms with Crippen LogP contribution in [-0.2, 0) is 32.6 Å². The van der Waals surface area contributed by atoms with Crippen molar-refractivity contribution in [2.45, 2.75) is 37.8 Å². The minimum absolute atomic E-state index is 0.0225. The van der Waals surface area contributed by atoms with Crippen molar-refractivity contribution in [1.82, 2.24) is 10.2 Å². The highest BCUT2D eigenvalue weighted by molar-refractivity contribution is 7.92. The lowest BCUT2D eigenvalue weighted by Gasteiger charge is -2.34. The topological polar surface area (TPSA) is 105 Å². The Hall–Kier alpha value is -4.54. The Kier molecular flexibility index (Phi) is 11.7. The quantitative estimate of drug-likeness (QED) is 0.187. The van der Waals surface area contributed by atoms with E-state index in [4.69, 9.17) is 21.1 Å². The van der Waals surface area contributed by atoms with Crippen molar-refractivity contribution < 1.29 is 27.5 Å². The molecule has 4 rings (SSSR count). The number of methoxy groups -OCH3 is 2. The monoisotopic (exact) mass is 663 g/mol. The summed E-state index contributed by atoms with van der Waals surface area (Å²) in [4.78, 5) is 29.4. The highest BCUT2D eigenvalue weighted by atomic mass is 35.5. The second-order valence-corrected chi connectivity index (χ2v) is 12.8. The van der Waals surface area contributed by atoms with Crippen LogP contribution in [0.4, 0.5) is 5.69 Å². The highest BCUT2D eigenvalue weighted by Gasteiger charge is 2.35. The summed E-state index contributed by atoms with van der Waals surface area (Å²) >= 11 is 6.53. The highest BCUT2D eigenvalue weighted by Crippen LogP contribution is 2.32. The van der Waals surface area contributed by atoms with Crippen molar-refractivity contribution in [1.29, 1.82) is 0 Å². The van der Waals surface area contributed by atoms with Gasteiger partial charge in [0.15, 0.2) is 11.5 Å². The average Bonchev–Trinajstić information content (AvgIpc) is 3.06. The van der Waals surface area contributed by atoms with E-state index >= 15 is 0 Å². The molecule has 0 bridgehead atoms. The summed E-state index contributed by atoms with van der Waals surface area (Å²) in [7, 11) is -1.46. The Morgan fingerprint density at radius 2 is 1.52 bits per heavy atom. The third-order valence-electron chi connectivity index (χ3n) is 7.46. The van der Waals surface area contributed by atoms with Gasteiger partial charge >= 0.3 is 0 Å². The number of nitrogens with zero attached hydrogens (tertiary/aromatic N) is 2. The summed E-state index contributed by atoms with van der Waals surface area (Å²) in [5, 5.41) is 3.27. The molecule has 1 N–H and O–H groups in total. The second kappa shape index (κ2) is 15.6. The molecule has 11 heteroatoms. The van der Waals surface area contributed by atoms with E-state index < -0.39 is 28.5 Å². The first-order valence-electron chi connectivity index (χ1n) is 14.7. The summed E-state index contributed by atoms with van der Waals surface area (Å²) in [6, 6.07) is 26.5. The van der Waals surface area contributed by atoms with E-state index in [0.29, 0.717) is 22.9 Å². The van der Waals surface area contributed by atoms with Crippen LogP contribution in [0.1, 0.15) is 23.6 Å². The molecule has 46 heavy (non-hydrogen) atoms. The lowest BCUT2D eigenvalue weighted by atomic mass is 10.0. The van der Waals surface area contributed by atoms with Gasteiger partial charge in [-0.15, -0.1) is 0 Å². The van der Waals surface area contributed by atoms with Crippen LogP contribution in [0, 0.1) is 6.92 Å².